The first-order valence-corrected chi connectivity index (χ1v) is 17.9. The minimum absolute atomic E-state index is 0. The van der Waals surface area contributed by atoms with Crippen LogP contribution < -0.4 is 37.2 Å². The molecule has 1 aromatic carbocycles. The minimum atomic E-state index is -1.83. The molecule has 0 radical (unpaired) electrons. The molecule has 328 valence electrons. The Hall–Kier alpha value is -6.37. The summed E-state index contributed by atoms with van der Waals surface area (Å²) in [5.74, 6) is -12.3. The van der Waals surface area contributed by atoms with Crippen LogP contribution in [0, 0.1) is 0 Å². The molecule has 7 amide bonds. The molecule has 1 rings (SSSR count). The van der Waals surface area contributed by atoms with Crippen LogP contribution in [-0.2, 0) is 56.1 Å². The average molecular weight is 880 g/mol. The first-order chi connectivity index (χ1) is 27.2. The van der Waals surface area contributed by atoms with Crippen molar-refractivity contribution in [3.05, 3.63) is 35.4 Å². The number of unbranched alkanes of at least 4 members (excludes halogenated alkanes) is 1. The Morgan fingerprint density at radius 3 is 1.47 bits per heavy atom. The number of nitrogens with one attached hydrogen (secondary N) is 7. The maximum absolute atomic E-state index is 12.9. The molecule has 0 unspecified atom stereocenters. The molecule has 0 aromatic heterocycles. The van der Waals surface area contributed by atoms with Gasteiger partial charge in [0.25, 0.3) is 0 Å². The zero-order valence-corrected chi connectivity index (χ0v) is 32.7. The molecular weight excluding hydrogens is 834 g/mol. The van der Waals surface area contributed by atoms with Gasteiger partial charge in [-0.05, 0) is 36.8 Å². The number of rotatable bonds is 27. The van der Waals surface area contributed by atoms with Crippen LogP contribution in [0.1, 0.15) is 56.1 Å². The van der Waals surface area contributed by atoms with E-state index < -0.39 is 121 Å². The van der Waals surface area contributed by atoms with E-state index in [0.717, 1.165) is 0 Å². The molecule has 26 heteroatoms. The lowest BCUT2D eigenvalue weighted by atomic mass is 10.1. The Morgan fingerprint density at radius 2 is 1.00 bits per heavy atom. The second kappa shape index (κ2) is 27.3. The topological polar surface area (TPSA) is 393 Å². The van der Waals surface area contributed by atoms with E-state index in [-0.39, 0.29) is 50.5 Å². The summed E-state index contributed by atoms with van der Waals surface area (Å²) in [5.41, 5.74) is 0.997. The highest BCUT2D eigenvalue weighted by atomic mass is 35.5. The summed E-state index contributed by atoms with van der Waals surface area (Å²) in [4.78, 5) is 130. The van der Waals surface area contributed by atoms with Crippen molar-refractivity contribution < 1.29 is 83.4 Å². The van der Waals surface area contributed by atoms with Crippen LogP contribution in [0.2, 0.25) is 0 Å². The molecule has 0 heterocycles. The van der Waals surface area contributed by atoms with Crippen molar-refractivity contribution in [1.29, 1.82) is 0 Å². The van der Waals surface area contributed by atoms with Crippen molar-refractivity contribution in [2.45, 2.75) is 88.1 Å². The van der Waals surface area contributed by atoms with Crippen LogP contribution >= 0.6 is 25.0 Å². The first-order valence-electron chi connectivity index (χ1n) is 17.2. The molecular formula is C33H46ClN7O17S. The Bertz CT molecular complexity index is 1680. The van der Waals surface area contributed by atoms with Gasteiger partial charge in [-0.2, -0.15) is 12.6 Å². The number of carboxylic acids is 6. The number of urea groups is 2. The molecule has 0 bridgehead atoms. The molecule has 0 aliphatic rings. The highest BCUT2D eigenvalue weighted by molar-refractivity contribution is 7.80. The monoisotopic (exact) mass is 879 g/mol. The quantitative estimate of drug-likeness (QED) is 0.0339. The van der Waals surface area contributed by atoms with Crippen molar-refractivity contribution in [2.24, 2.45) is 0 Å². The molecule has 24 nitrogen and oxygen atoms in total. The predicted octanol–water partition coefficient (Wildman–Crippen LogP) is -1.89. The average Bonchev–Trinajstić information content (AvgIpc) is 3.13. The van der Waals surface area contributed by atoms with Gasteiger partial charge in [0, 0.05) is 25.3 Å². The Kier molecular flexibility index (Phi) is 24.4. The SMILES string of the molecule is Cl.O=C(O)CC[C@H](NC(=O)N[C@@H](CCCCNC(=O)NCc1ccc(CC(=O)N[C@@H](CC(=O)O)C(=O)N[C@@H](CC(=O)O)C(=O)N[C@@H](CS)C(=O)O)cc1)C(=O)O)C(=O)O. The molecule has 1 aromatic rings. The number of thiol groups is 1. The number of benzene rings is 1. The fraction of sp³-hybridized carbons (Fsp3) is 0.485. The van der Waals surface area contributed by atoms with Gasteiger partial charge in [-0.25, -0.2) is 24.0 Å². The van der Waals surface area contributed by atoms with E-state index in [1.54, 1.807) is 12.1 Å². The number of amides is 7. The fourth-order valence-corrected chi connectivity index (χ4v) is 5.01. The van der Waals surface area contributed by atoms with Crippen LogP contribution in [0.3, 0.4) is 0 Å². The lowest BCUT2D eigenvalue weighted by Crippen LogP contribution is -2.57. The molecule has 0 saturated carbocycles. The van der Waals surface area contributed by atoms with Gasteiger partial charge in [-0.3, -0.25) is 28.8 Å². The van der Waals surface area contributed by atoms with Crippen molar-refractivity contribution in [1.82, 2.24) is 37.2 Å². The number of carbonyl (C=O) groups excluding carboxylic acids is 5. The third-order valence-electron chi connectivity index (χ3n) is 7.74. The zero-order chi connectivity index (χ0) is 43.9. The van der Waals surface area contributed by atoms with E-state index in [4.69, 9.17) is 15.3 Å². The summed E-state index contributed by atoms with van der Waals surface area (Å²) in [6.45, 7) is 0.152. The van der Waals surface area contributed by atoms with Crippen LogP contribution in [0.25, 0.3) is 0 Å². The van der Waals surface area contributed by atoms with Gasteiger partial charge in [0.2, 0.25) is 17.7 Å². The Balaban J connectivity index is 0.0000336. The Morgan fingerprint density at radius 1 is 0.525 bits per heavy atom. The fourth-order valence-electron chi connectivity index (χ4n) is 4.76. The predicted molar refractivity (Wildman–Crippen MR) is 205 cm³/mol. The second-order valence-electron chi connectivity index (χ2n) is 12.4. The normalized spacial score (nSPS) is 12.9. The summed E-state index contributed by atoms with van der Waals surface area (Å²) >= 11 is 3.79. The third-order valence-corrected chi connectivity index (χ3v) is 8.10. The number of hydrogen-bond acceptors (Lipinski definition) is 12. The molecule has 59 heavy (non-hydrogen) atoms. The summed E-state index contributed by atoms with van der Waals surface area (Å²) < 4.78 is 0. The molecule has 5 atom stereocenters. The van der Waals surface area contributed by atoms with Gasteiger partial charge < -0.3 is 67.9 Å². The summed E-state index contributed by atoms with van der Waals surface area (Å²) in [6.07, 6.45) is -2.80. The summed E-state index contributed by atoms with van der Waals surface area (Å²) in [6, 6.07) is -3.59. The van der Waals surface area contributed by atoms with Crippen molar-refractivity contribution >= 4 is 90.6 Å². The van der Waals surface area contributed by atoms with Crippen molar-refractivity contribution in [2.75, 3.05) is 12.3 Å². The minimum Gasteiger partial charge on any atom is -0.481 e. The number of halogens is 1. The van der Waals surface area contributed by atoms with Crippen LogP contribution in [0.15, 0.2) is 24.3 Å². The lowest BCUT2D eigenvalue weighted by molar-refractivity contribution is -0.144. The summed E-state index contributed by atoms with van der Waals surface area (Å²) in [5, 5.41) is 70.4. The molecule has 0 spiro atoms. The lowest BCUT2D eigenvalue weighted by Gasteiger charge is -2.22. The van der Waals surface area contributed by atoms with E-state index in [1.165, 1.54) is 12.1 Å². The number of carbonyl (C=O) groups is 11. The van der Waals surface area contributed by atoms with Crippen molar-refractivity contribution in [3.63, 3.8) is 0 Å². The van der Waals surface area contributed by atoms with Gasteiger partial charge >= 0.3 is 47.9 Å². The van der Waals surface area contributed by atoms with E-state index in [2.05, 4.69) is 33.9 Å². The molecule has 13 N–H and O–H groups in total. The van der Waals surface area contributed by atoms with Gasteiger partial charge in [-0.1, -0.05) is 24.3 Å². The van der Waals surface area contributed by atoms with Crippen LogP contribution in [-0.4, -0.2) is 139 Å². The van der Waals surface area contributed by atoms with E-state index in [9.17, 15) is 68.1 Å². The third kappa shape index (κ3) is 22.2. The zero-order valence-electron chi connectivity index (χ0n) is 31.0. The van der Waals surface area contributed by atoms with Crippen molar-refractivity contribution in [3.8, 4) is 0 Å². The van der Waals surface area contributed by atoms with Gasteiger partial charge in [0.15, 0.2) is 0 Å². The Labute approximate surface area is 346 Å². The summed E-state index contributed by atoms with van der Waals surface area (Å²) in [7, 11) is 0. The molecule has 0 saturated heterocycles. The van der Waals surface area contributed by atoms with E-state index >= 15 is 0 Å². The highest BCUT2D eigenvalue weighted by Crippen LogP contribution is 2.08. The second-order valence-corrected chi connectivity index (χ2v) is 12.8. The van der Waals surface area contributed by atoms with Crippen LogP contribution in [0.5, 0.6) is 0 Å². The standard InChI is InChI=1S/C33H45N7O17S.ClH/c41-23(36-20(12-25(44)45)27(48)37-21(13-26(46)47)28(49)38-22(15-58)31(54)55)11-16-4-6-17(7-5-16)14-35-32(56)34-10-2-1-3-18(29(50)51)39-33(57)40-19(30(52)53)8-9-24(42)43;/h4-7,18-22,58H,1-3,8-15H2,(H,36,41)(H,37,48)(H,38,49)(H,42,43)(H,44,45)(H,46,47)(H,50,51)(H,52,53)(H,54,55)(H2,34,35,56)(H2,39,40,57);1H/t18-,19-,20-,21-,22-;/m0./s1. The first kappa shape index (κ1) is 52.6. The number of carboxylic acid groups (broad SMARTS) is 6. The van der Waals surface area contributed by atoms with E-state index in [0.29, 0.717) is 17.5 Å². The number of hydrogen-bond donors (Lipinski definition) is 14. The van der Waals surface area contributed by atoms with Crippen LogP contribution in [0.4, 0.5) is 9.59 Å². The highest BCUT2D eigenvalue weighted by Gasteiger charge is 2.32. The molecule has 0 aliphatic heterocycles. The maximum Gasteiger partial charge on any atom is 0.327 e. The maximum atomic E-state index is 12.9. The van der Waals surface area contributed by atoms with E-state index in [1.807, 2.05) is 16.0 Å². The smallest absolute Gasteiger partial charge is 0.327 e. The van der Waals surface area contributed by atoms with Gasteiger partial charge in [0.1, 0.15) is 30.2 Å². The largest absolute Gasteiger partial charge is 0.481 e. The molecule has 0 fully saturated rings. The van der Waals surface area contributed by atoms with Gasteiger partial charge in [-0.15, -0.1) is 12.4 Å². The number of aliphatic carboxylic acids is 6. The molecule has 0 aliphatic carbocycles. The van der Waals surface area contributed by atoms with Gasteiger partial charge in [0.05, 0.1) is 19.3 Å².